The molecule has 0 fully saturated rings. The van der Waals surface area contributed by atoms with Gasteiger partial charge in [-0.25, -0.2) is 23.3 Å². The van der Waals surface area contributed by atoms with Gasteiger partial charge in [0.05, 0.1) is 25.5 Å². The lowest BCUT2D eigenvalue weighted by Crippen LogP contribution is -2.40. The van der Waals surface area contributed by atoms with E-state index < -0.39 is 40.0 Å². The van der Waals surface area contributed by atoms with Crippen molar-refractivity contribution in [1.82, 2.24) is 5.32 Å². The maximum absolute atomic E-state index is 13.0. The number of sulfonamides is 1. The van der Waals surface area contributed by atoms with E-state index in [0.717, 1.165) is 0 Å². The summed E-state index contributed by atoms with van der Waals surface area (Å²) in [5.41, 5.74) is 7.52. The molecule has 43 heavy (non-hydrogen) atoms. The van der Waals surface area contributed by atoms with E-state index in [9.17, 15) is 31.2 Å². The van der Waals surface area contributed by atoms with E-state index in [1.807, 2.05) is 6.26 Å². The molecule has 18 heteroatoms. The minimum atomic E-state index is -5.08. The van der Waals surface area contributed by atoms with Crippen LogP contribution in [-0.2, 0) is 30.8 Å². The second-order valence-corrected chi connectivity index (χ2v) is 11.1. The van der Waals surface area contributed by atoms with Crippen molar-refractivity contribution in [3.63, 3.8) is 0 Å². The fourth-order valence-corrected chi connectivity index (χ4v) is 4.17. The van der Waals surface area contributed by atoms with Crippen molar-refractivity contribution in [2.24, 2.45) is 15.9 Å². The summed E-state index contributed by atoms with van der Waals surface area (Å²) in [6.45, 7) is 1.71. The molecule has 0 bridgehead atoms. The van der Waals surface area contributed by atoms with Crippen molar-refractivity contribution < 1.29 is 50.6 Å². The number of alkyl halides is 3. The van der Waals surface area contributed by atoms with Crippen molar-refractivity contribution in [2.75, 3.05) is 31.5 Å². The number of anilines is 1. The number of amides is 2. The number of benzene rings is 2. The summed E-state index contributed by atoms with van der Waals surface area (Å²) < 4.78 is 65.5. The Labute approximate surface area is 250 Å². The monoisotopic (exact) mass is 651 g/mol. The summed E-state index contributed by atoms with van der Waals surface area (Å²) in [4.78, 5) is 38.4. The van der Waals surface area contributed by atoms with Crippen molar-refractivity contribution in [1.29, 1.82) is 0 Å². The quantitative estimate of drug-likeness (QED) is 0.176. The highest BCUT2D eigenvalue weighted by atomic mass is 32.2. The van der Waals surface area contributed by atoms with E-state index >= 15 is 0 Å². The lowest BCUT2D eigenvalue weighted by Gasteiger charge is -2.16. The Hall–Kier alpha value is -4.03. The third-order valence-electron chi connectivity index (χ3n) is 5.31. The average molecular weight is 652 g/mol. The largest absolute Gasteiger partial charge is 0.493 e. The van der Waals surface area contributed by atoms with Crippen LogP contribution in [0, 0.1) is 6.92 Å². The molecule has 0 unspecified atom stereocenters. The molecule has 0 aromatic heterocycles. The molecule has 13 nitrogen and oxygen atoms in total. The van der Waals surface area contributed by atoms with Crippen LogP contribution in [0.15, 0.2) is 46.3 Å². The maximum atomic E-state index is 13.0. The highest BCUT2D eigenvalue weighted by Crippen LogP contribution is 2.27. The van der Waals surface area contributed by atoms with Crippen LogP contribution in [0.1, 0.15) is 17.5 Å². The minimum absolute atomic E-state index is 0.00218. The molecule has 0 saturated heterocycles. The molecule has 0 aliphatic heterocycles. The summed E-state index contributed by atoms with van der Waals surface area (Å²) in [6.07, 6.45) is -2.86. The topological polar surface area (TPSA) is 212 Å². The molecule has 0 spiro atoms. The van der Waals surface area contributed by atoms with Crippen LogP contribution in [0.2, 0.25) is 0 Å². The third kappa shape index (κ3) is 12.8. The molecular weight excluding hydrogens is 619 g/mol. The number of aliphatic imine (C=N–C) groups is 1. The van der Waals surface area contributed by atoms with Gasteiger partial charge in [0.25, 0.3) is 0 Å². The second-order valence-electron chi connectivity index (χ2n) is 8.54. The molecule has 1 atom stereocenters. The molecule has 2 aromatic carbocycles. The molecule has 0 aliphatic carbocycles. The minimum Gasteiger partial charge on any atom is -0.493 e. The first kappa shape index (κ1) is 37.0. The van der Waals surface area contributed by atoms with E-state index in [-0.39, 0.29) is 23.0 Å². The number of carboxylic acids is 1. The first-order valence-corrected chi connectivity index (χ1v) is 14.9. The highest BCUT2D eigenvalue weighted by molar-refractivity contribution is 7.98. The summed E-state index contributed by atoms with van der Waals surface area (Å²) in [7, 11) is -0.928. The van der Waals surface area contributed by atoms with E-state index in [1.165, 1.54) is 44.2 Å². The van der Waals surface area contributed by atoms with Gasteiger partial charge in [-0.15, -0.1) is 0 Å². The number of methoxy groups -OCH3 is 2. The van der Waals surface area contributed by atoms with Crippen molar-refractivity contribution in [2.45, 2.75) is 36.9 Å². The number of halogens is 3. The lowest BCUT2D eigenvalue weighted by molar-refractivity contribution is -0.192. The van der Waals surface area contributed by atoms with E-state index in [1.54, 1.807) is 25.1 Å². The Kier molecular flexibility index (Phi) is 14.3. The van der Waals surface area contributed by atoms with E-state index in [0.29, 0.717) is 34.8 Å². The normalized spacial score (nSPS) is 12.3. The average Bonchev–Trinajstić information content (AvgIpc) is 2.91. The predicted octanol–water partition coefficient (Wildman–Crippen LogP) is 2.03. The Morgan fingerprint density at radius 3 is 2.21 bits per heavy atom. The predicted molar refractivity (Wildman–Crippen MR) is 155 cm³/mol. The number of hydrogen-bond donors (Lipinski definition) is 5. The number of carbonyl (C=O) groups excluding carboxylic acids is 2. The first-order valence-electron chi connectivity index (χ1n) is 12.0. The maximum Gasteiger partial charge on any atom is 0.490 e. The number of thioether (sulfide) groups is 1. The molecule has 2 aromatic rings. The van der Waals surface area contributed by atoms with E-state index in [4.69, 9.17) is 30.2 Å². The molecule has 238 valence electrons. The van der Waals surface area contributed by atoms with Crippen LogP contribution < -0.4 is 31.0 Å². The number of rotatable bonds is 11. The summed E-state index contributed by atoms with van der Waals surface area (Å²) in [5.74, 6) is -2.27. The number of carbonyl (C=O) groups is 3. The smallest absolute Gasteiger partial charge is 0.490 e. The van der Waals surface area contributed by atoms with Crippen LogP contribution in [-0.4, -0.2) is 75.7 Å². The van der Waals surface area contributed by atoms with Gasteiger partial charge in [-0.2, -0.15) is 24.9 Å². The third-order valence-corrected chi connectivity index (χ3v) is 6.87. The van der Waals surface area contributed by atoms with Gasteiger partial charge >= 0.3 is 12.1 Å². The van der Waals surface area contributed by atoms with Gasteiger partial charge in [0.2, 0.25) is 21.8 Å². The number of carboxylic acid groups (broad SMARTS) is 1. The van der Waals surface area contributed by atoms with Gasteiger partial charge in [0.1, 0.15) is 6.04 Å². The van der Waals surface area contributed by atoms with Crippen molar-refractivity contribution in [3.05, 3.63) is 47.5 Å². The molecular formula is C25H32F3N5O8S2. The number of aryl methyl sites for hydroxylation is 1. The Morgan fingerprint density at radius 2 is 1.70 bits per heavy atom. The van der Waals surface area contributed by atoms with Gasteiger partial charge in [-0.1, -0.05) is 12.1 Å². The Bertz CT molecular complexity index is 1440. The van der Waals surface area contributed by atoms with Gasteiger partial charge in [0, 0.05) is 5.69 Å². The second kappa shape index (κ2) is 16.6. The fraction of sp³-hybridized carbons (Fsp3) is 0.360. The van der Waals surface area contributed by atoms with Crippen LogP contribution in [0.4, 0.5) is 18.9 Å². The van der Waals surface area contributed by atoms with Gasteiger partial charge < -0.3 is 25.6 Å². The number of guanidine groups is 1. The van der Waals surface area contributed by atoms with Crippen LogP contribution in [0.25, 0.3) is 0 Å². The Balaban J connectivity index is 0.00000117. The zero-order valence-corrected chi connectivity index (χ0v) is 25.2. The van der Waals surface area contributed by atoms with Crippen LogP contribution in [0.3, 0.4) is 0 Å². The van der Waals surface area contributed by atoms with Crippen LogP contribution in [0.5, 0.6) is 11.5 Å². The molecule has 7 N–H and O–H groups in total. The van der Waals surface area contributed by atoms with Gasteiger partial charge in [-0.3, -0.25) is 14.9 Å². The van der Waals surface area contributed by atoms with Gasteiger partial charge in [-0.05, 0) is 60.7 Å². The first-order chi connectivity index (χ1) is 19.9. The molecule has 0 saturated carbocycles. The van der Waals surface area contributed by atoms with Crippen LogP contribution >= 0.6 is 11.8 Å². The van der Waals surface area contributed by atoms with Gasteiger partial charge in [0.15, 0.2) is 17.5 Å². The SMILES string of the molecule is COc1ccc(CC(=O)NC(N)=N[C@H](CCSC)C(=O)Nc2cc(S(N)(=O)=O)ccc2C)cc1OC.O=C(O)C(F)(F)F. The number of ether oxygens (including phenoxy) is 2. The number of primary sulfonamides is 1. The van der Waals surface area contributed by atoms with Crippen molar-refractivity contribution in [3.8, 4) is 11.5 Å². The number of hydrogen-bond acceptors (Lipinski definition) is 9. The number of nitrogens with one attached hydrogen (secondary N) is 2. The summed E-state index contributed by atoms with van der Waals surface area (Å²) >= 11 is 1.52. The fourth-order valence-electron chi connectivity index (χ4n) is 3.18. The lowest BCUT2D eigenvalue weighted by atomic mass is 10.1. The molecule has 2 amide bonds. The number of aliphatic carboxylic acids is 1. The Morgan fingerprint density at radius 1 is 1.09 bits per heavy atom. The highest BCUT2D eigenvalue weighted by Gasteiger charge is 2.38. The van der Waals surface area contributed by atoms with Crippen molar-refractivity contribution >= 4 is 51.2 Å². The molecule has 0 heterocycles. The standard InChI is InChI=1S/C23H31N5O6S2.C2HF3O2/c1-14-5-7-16(36(25,31)32)13-18(14)26-22(30)17(9-10-35-4)27-23(24)28-21(29)12-15-6-8-19(33-2)20(11-15)34-3;3-2(4,5)1(6)7/h5-8,11,13,17H,9-10,12H2,1-4H3,(H,26,30)(H2,25,31,32)(H3,24,27,28,29);(H,6,7)/t17-;/m1./s1. The summed E-state index contributed by atoms with van der Waals surface area (Å²) in [6, 6.07) is 8.35. The number of nitrogens with zero attached hydrogens (tertiary/aromatic N) is 1. The zero-order chi connectivity index (χ0) is 33.0. The summed E-state index contributed by atoms with van der Waals surface area (Å²) in [5, 5.41) is 17.5. The number of nitrogens with two attached hydrogens (primary N) is 2. The molecule has 2 rings (SSSR count). The van der Waals surface area contributed by atoms with E-state index in [2.05, 4.69) is 15.6 Å². The molecule has 0 aliphatic rings. The molecule has 0 radical (unpaired) electrons. The zero-order valence-electron chi connectivity index (χ0n) is 23.5.